The van der Waals surface area contributed by atoms with Crippen molar-refractivity contribution in [3.63, 3.8) is 0 Å². The minimum atomic E-state index is 0.172. The lowest BCUT2D eigenvalue weighted by atomic mass is 10.1. The number of guanidine groups is 1. The standard InChI is InChI=1S/C19H35N7O/c1-14(13-18-15(2)23-24(6)16(18)3)22-19(20-5)21-7-8-25-9-11-26(12-10-25)17(4)27/h14H,7-13H2,1-6H3,(H2,20,21,22). The Bertz CT molecular complexity index is 659. The largest absolute Gasteiger partial charge is 0.355 e. The van der Waals surface area contributed by atoms with Crippen molar-refractivity contribution in [1.82, 2.24) is 30.2 Å². The Morgan fingerprint density at radius 2 is 1.93 bits per heavy atom. The summed E-state index contributed by atoms with van der Waals surface area (Å²) in [6, 6.07) is 0.261. The number of hydrogen-bond donors (Lipinski definition) is 2. The Labute approximate surface area is 163 Å². The lowest BCUT2D eigenvalue weighted by molar-refractivity contribution is -0.130. The lowest BCUT2D eigenvalue weighted by Crippen LogP contribution is -2.51. The van der Waals surface area contributed by atoms with Crippen LogP contribution in [-0.4, -0.2) is 83.8 Å². The van der Waals surface area contributed by atoms with Crippen molar-refractivity contribution in [2.24, 2.45) is 12.0 Å². The average molecular weight is 378 g/mol. The van der Waals surface area contributed by atoms with Gasteiger partial charge in [-0.05, 0) is 32.8 Å². The molecule has 0 aliphatic carbocycles. The molecule has 1 atom stereocenters. The fourth-order valence-corrected chi connectivity index (χ4v) is 3.52. The molecule has 1 aromatic heterocycles. The predicted molar refractivity (Wildman–Crippen MR) is 109 cm³/mol. The predicted octanol–water partition coefficient (Wildman–Crippen LogP) is 0.297. The second kappa shape index (κ2) is 9.73. The average Bonchev–Trinajstić information content (AvgIpc) is 2.87. The maximum Gasteiger partial charge on any atom is 0.219 e. The van der Waals surface area contributed by atoms with E-state index in [0.29, 0.717) is 0 Å². The highest BCUT2D eigenvalue weighted by molar-refractivity contribution is 5.79. The van der Waals surface area contributed by atoms with E-state index in [4.69, 9.17) is 0 Å². The summed E-state index contributed by atoms with van der Waals surface area (Å²) in [6.45, 7) is 13.3. The van der Waals surface area contributed by atoms with Gasteiger partial charge in [0.15, 0.2) is 5.96 Å². The zero-order valence-corrected chi connectivity index (χ0v) is 17.7. The molecule has 1 fully saturated rings. The fraction of sp³-hybridized carbons (Fsp3) is 0.737. The van der Waals surface area contributed by atoms with Crippen molar-refractivity contribution in [2.75, 3.05) is 46.3 Å². The van der Waals surface area contributed by atoms with Gasteiger partial charge in [-0.3, -0.25) is 19.4 Å². The third-order valence-corrected chi connectivity index (χ3v) is 5.31. The molecule has 2 rings (SSSR count). The molecule has 8 nitrogen and oxygen atoms in total. The number of carbonyl (C=O) groups excluding carboxylic acids is 1. The number of hydrogen-bond acceptors (Lipinski definition) is 4. The van der Waals surface area contributed by atoms with Crippen LogP contribution < -0.4 is 10.6 Å². The highest BCUT2D eigenvalue weighted by Gasteiger charge is 2.18. The first kappa shape index (κ1) is 21.2. The number of carbonyl (C=O) groups is 1. The van der Waals surface area contributed by atoms with Crippen molar-refractivity contribution in [3.05, 3.63) is 17.0 Å². The number of aryl methyl sites for hydroxylation is 2. The van der Waals surface area contributed by atoms with E-state index in [1.165, 1.54) is 11.3 Å². The van der Waals surface area contributed by atoms with Crippen LogP contribution in [0.3, 0.4) is 0 Å². The molecule has 1 unspecified atom stereocenters. The summed E-state index contributed by atoms with van der Waals surface area (Å²) in [4.78, 5) is 20.0. The zero-order chi connectivity index (χ0) is 20.0. The van der Waals surface area contributed by atoms with Gasteiger partial charge >= 0.3 is 0 Å². The van der Waals surface area contributed by atoms with E-state index >= 15 is 0 Å². The molecule has 2 heterocycles. The second-order valence-corrected chi connectivity index (χ2v) is 7.37. The summed E-state index contributed by atoms with van der Waals surface area (Å²) in [7, 11) is 3.79. The quantitative estimate of drug-likeness (QED) is 0.551. The highest BCUT2D eigenvalue weighted by atomic mass is 16.2. The molecule has 0 radical (unpaired) electrons. The van der Waals surface area contributed by atoms with Crippen LogP contribution in [0, 0.1) is 13.8 Å². The van der Waals surface area contributed by atoms with Crippen LogP contribution in [0.25, 0.3) is 0 Å². The van der Waals surface area contributed by atoms with Crippen LogP contribution in [0.1, 0.15) is 30.8 Å². The van der Waals surface area contributed by atoms with Gasteiger partial charge in [-0.1, -0.05) is 0 Å². The Kier molecular flexibility index (Phi) is 7.65. The third-order valence-electron chi connectivity index (χ3n) is 5.31. The van der Waals surface area contributed by atoms with E-state index in [0.717, 1.165) is 57.3 Å². The molecule has 2 N–H and O–H groups in total. The summed E-state index contributed by atoms with van der Waals surface area (Å²) >= 11 is 0. The van der Waals surface area contributed by atoms with E-state index in [1.807, 2.05) is 16.6 Å². The molecular formula is C19H35N7O. The first-order chi connectivity index (χ1) is 12.8. The minimum Gasteiger partial charge on any atom is -0.355 e. The molecule has 8 heteroatoms. The number of rotatable bonds is 6. The maximum absolute atomic E-state index is 11.4. The lowest BCUT2D eigenvalue weighted by Gasteiger charge is -2.34. The third kappa shape index (κ3) is 5.95. The Balaban J connectivity index is 1.73. The van der Waals surface area contributed by atoms with Gasteiger partial charge in [-0.25, -0.2) is 0 Å². The molecule has 27 heavy (non-hydrogen) atoms. The summed E-state index contributed by atoms with van der Waals surface area (Å²) < 4.78 is 1.94. The van der Waals surface area contributed by atoms with Gasteiger partial charge in [0.1, 0.15) is 0 Å². The highest BCUT2D eigenvalue weighted by Crippen LogP contribution is 2.14. The molecule has 1 saturated heterocycles. The van der Waals surface area contributed by atoms with Gasteiger partial charge in [0.2, 0.25) is 5.91 Å². The Hall–Kier alpha value is -2.09. The summed E-state index contributed by atoms with van der Waals surface area (Å²) in [5.41, 5.74) is 3.61. The monoisotopic (exact) mass is 377 g/mol. The number of amides is 1. The first-order valence-electron chi connectivity index (χ1n) is 9.76. The molecule has 0 spiro atoms. The van der Waals surface area contributed by atoms with Crippen LogP contribution in [0.4, 0.5) is 0 Å². The molecule has 1 aliphatic rings. The van der Waals surface area contributed by atoms with Crippen molar-refractivity contribution < 1.29 is 4.79 Å². The van der Waals surface area contributed by atoms with Crippen LogP contribution in [0.5, 0.6) is 0 Å². The van der Waals surface area contributed by atoms with Gasteiger partial charge in [0, 0.05) is 72.0 Å². The molecule has 152 valence electrons. The number of piperazine rings is 1. The normalized spacial score (nSPS) is 17.1. The number of nitrogens with one attached hydrogen (secondary N) is 2. The molecule has 1 aliphatic heterocycles. The van der Waals surface area contributed by atoms with Crippen LogP contribution >= 0.6 is 0 Å². The number of aliphatic imine (C=N–C) groups is 1. The van der Waals surface area contributed by atoms with Crippen LogP contribution in [0.15, 0.2) is 4.99 Å². The fourth-order valence-electron chi connectivity index (χ4n) is 3.52. The van der Waals surface area contributed by atoms with E-state index in [9.17, 15) is 4.79 Å². The Morgan fingerprint density at radius 1 is 1.26 bits per heavy atom. The number of nitrogens with zero attached hydrogens (tertiary/aromatic N) is 5. The molecule has 1 aromatic rings. The van der Waals surface area contributed by atoms with E-state index in [1.54, 1.807) is 14.0 Å². The van der Waals surface area contributed by atoms with Crippen molar-refractivity contribution >= 4 is 11.9 Å². The summed E-state index contributed by atoms with van der Waals surface area (Å²) in [6.07, 6.45) is 0.916. The van der Waals surface area contributed by atoms with E-state index < -0.39 is 0 Å². The molecule has 1 amide bonds. The van der Waals surface area contributed by atoms with Gasteiger partial charge in [-0.2, -0.15) is 5.10 Å². The van der Waals surface area contributed by atoms with E-state index in [2.05, 4.69) is 46.4 Å². The van der Waals surface area contributed by atoms with Gasteiger partial charge < -0.3 is 15.5 Å². The topological polar surface area (TPSA) is 77.8 Å². The smallest absolute Gasteiger partial charge is 0.219 e. The van der Waals surface area contributed by atoms with Crippen molar-refractivity contribution in [1.29, 1.82) is 0 Å². The van der Waals surface area contributed by atoms with Crippen molar-refractivity contribution in [3.8, 4) is 0 Å². The first-order valence-corrected chi connectivity index (χ1v) is 9.76. The Morgan fingerprint density at radius 3 is 2.44 bits per heavy atom. The van der Waals surface area contributed by atoms with E-state index in [-0.39, 0.29) is 11.9 Å². The van der Waals surface area contributed by atoms with Gasteiger partial charge in [-0.15, -0.1) is 0 Å². The maximum atomic E-state index is 11.4. The van der Waals surface area contributed by atoms with Gasteiger partial charge in [0.05, 0.1) is 5.69 Å². The van der Waals surface area contributed by atoms with Crippen LogP contribution in [-0.2, 0) is 18.3 Å². The summed E-state index contributed by atoms with van der Waals surface area (Å²) in [5.74, 6) is 0.995. The van der Waals surface area contributed by atoms with Gasteiger partial charge in [0.25, 0.3) is 0 Å². The minimum absolute atomic E-state index is 0.172. The zero-order valence-electron chi connectivity index (χ0n) is 17.7. The number of aromatic nitrogens is 2. The van der Waals surface area contributed by atoms with Crippen LogP contribution in [0.2, 0.25) is 0 Å². The molecular weight excluding hydrogens is 342 g/mol. The molecule has 0 saturated carbocycles. The van der Waals surface area contributed by atoms with Crippen molar-refractivity contribution in [2.45, 2.75) is 40.2 Å². The summed E-state index contributed by atoms with van der Waals surface area (Å²) in [5, 5.41) is 11.4. The second-order valence-electron chi connectivity index (χ2n) is 7.37. The molecule has 0 aromatic carbocycles. The molecule has 0 bridgehead atoms. The SMILES string of the molecule is CN=C(NCCN1CCN(C(C)=O)CC1)NC(C)Cc1c(C)nn(C)c1C.